The Morgan fingerprint density at radius 3 is 1.66 bits per heavy atom. The molecular weight excluding hydrogens is 358 g/mol. The standard InChI is InChI=1S/C25H47N3O/c1-4-6-7-8-9-10-11-12-13-14-15-16-17-18-19-20-21-26-25(29)24-22-27-28(5-2)23(24)3/h22H,4-21H2,1-3H3,(H,26,29). The highest BCUT2D eigenvalue weighted by atomic mass is 16.1. The second-order valence-corrected chi connectivity index (χ2v) is 8.52. The first-order valence-electron chi connectivity index (χ1n) is 12.5. The molecule has 0 saturated heterocycles. The molecule has 0 fully saturated rings. The van der Waals surface area contributed by atoms with Crippen LogP contribution < -0.4 is 5.32 Å². The summed E-state index contributed by atoms with van der Waals surface area (Å²) in [5, 5.41) is 7.27. The highest BCUT2D eigenvalue weighted by molar-refractivity contribution is 5.94. The second kappa shape index (κ2) is 17.5. The molecule has 1 aromatic rings. The Kier molecular flexibility index (Phi) is 15.5. The number of carbonyl (C=O) groups excluding carboxylic acids is 1. The fourth-order valence-electron chi connectivity index (χ4n) is 3.96. The molecule has 0 aliphatic heterocycles. The van der Waals surface area contributed by atoms with Crippen LogP contribution in [0.5, 0.6) is 0 Å². The minimum absolute atomic E-state index is 0.0168. The van der Waals surface area contributed by atoms with Gasteiger partial charge < -0.3 is 5.32 Å². The molecule has 0 aliphatic carbocycles. The van der Waals surface area contributed by atoms with Gasteiger partial charge in [-0.25, -0.2) is 0 Å². The van der Waals surface area contributed by atoms with Crippen molar-refractivity contribution in [3.8, 4) is 0 Å². The number of amides is 1. The molecule has 0 unspecified atom stereocenters. The number of nitrogens with zero attached hydrogens (tertiary/aromatic N) is 2. The van der Waals surface area contributed by atoms with Gasteiger partial charge in [-0.2, -0.15) is 5.10 Å². The number of unbranched alkanes of at least 4 members (excludes halogenated alkanes) is 15. The lowest BCUT2D eigenvalue weighted by Gasteiger charge is -2.06. The zero-order valence-corrected chi connectivity index (χ0v) is 19.6. The maximum absolute atomic E-state index is 12.2. The molecule has 0 bridgehead atoms. The van der Waals surface area contributed by atoms with E-state index in [-0.39, 0.29) is 5.91 Å². The van der Waals surface area contributed by atoms with Crippen LogP contribution in [0.4, 0.5) is 0 Å². The van der Waals surface area contributed by atoms with Gasteiger partial charge in [0.25, 0.3) is 5.91 Å². The Morgan fingerprint density at radius 1 is 0.793 bits per heavy atom. The van der Waals surface area contributed by atoms with E-state index < -0.39 is 0 Å². The summed E-state index contributed by atoms with van der Waals surface area (Å²) < 4.78 is 1.86. The molecule has 0 atom stereocenters. The Labute approximate surface area is 180 Å². The van der Waals surface area contributed by atoms with Gasteiger partial charge in [0.05, 0.1) is 11.8 Å². The summed E-state index contributed by atoms with van der Waals surface area (Å²) in [6.45, 7) is 7.86. The zero-order chi connectivity index (χ0) is 21.2. The van der Waals surface area contributed by atoms with Crippen LogP contribution in [0.25, 0.3) is 0 Å². The molecule has 1 heterocycles. The topological polar surface area (TPSA) is 46.9 Å². The summed E-state index contributed by atoms with van der Waals surface area (Å²) in [4.78, 5) is 12.2. The van der Waals surface area contributed by atoms with E-state index in [0.717, 1.165) is 25.2 Å². The summed E-state index contributed by atoms with van der Waals surface area (Å²) in [5.41, 5.74) is 1.67. The van der Waals surface area contributed by atoms with E-state index in [0.29, 0.717) is 5.56 Å². The lowest BCUT2D eigenvalue weighted by atomic mass is 10.0. The van der Waals surface area contributed by atoms with Gasteiger partial charge in [-0.3, -0.25) is 9.48 Å². The van der Waals surface area contributed by atoms with Crippen LogP contribution in [0.15, 0.2) is 6.20 Å². The van der Waals surface area contributed by atoms with Gasteiger partial charge in [0.2, 0.25) is 0 Å². The van der Waals surface area contributed by atoms with E-state index >= 15 is 0 Å². The Hall–Kier alpha value is -1.32. The van der Waals surface area contributed by atoms with Crippen molar-refractivity contribution < 1.29 is 4.79 Å². The normalized spacial score (nSPS) is 11.1. The van der Waals surface area contributed by atoms with Crippen molar-refractivity contribution in [2.45, 2.75) is 130 Å². The van der Waals surface area contributed by atoms with E-state index in [1.165, 1.54) is 96.3 Å². The molecule has 4 heteroatoms. The van der Waals surface area contributed by atoms with Crippen molar-refractivity contribution in [3.63, 3.8) is 0 Å². The van der Waals surface area contributed by atoms with Gasteiger partial charge in [-0.1, -0.05) is 103 Å². The smallest absolute Gasteiger partial charge is 0.254 e. The summed E-state index contributed by atoms with van der Waals surface area (Å²) >= 11 is 0. The van der Waals surface area contributed by atoms with Crippen LogP contribution in [0.2, 0.25) is 0 Å². The van der Waals surface area contributed by atoms with Crippen molar-refractivity contribution in [3.05, 3.63) is 17.5 Å². The number of carbonyl (C=O) groups is 1. The van der Waals surface area contributed by atoms with Gasteiger partial charge in [0.1, 0.15) is 0 Å². The monoisotopic (exact) mass is 405 g/mol. The number of aromatic nitrogens is 2. The number of hydrogen-bond acceptors (Lipinski definition) is 2. The molecule has 29 heavy (non-hydrogen) atoms. The molecular formula is C25H47N3O. The van der Waals surface area contributed by atoms with Crippen molar-refractivity contribution in [1.29, 1.82) is 0 Å². The highest BCUT2D eigenvalue weighted by Crippen LogP contribution is 2.13. The van der Waals surface area contributed by atoms with Crippen LogP contribution >= 0.6 is 0 Å². The third-order valence-electron chi connectivity index (χ3n) is 5.96. The van der Waals surface area contributed by atoms with Crippen molar-refractivity contribution in [2.24, 2.45) is 0 Å². The SMILES string of the molecule is CCCCCCCCCCCCCCCCCCNC(=O)c1cnn(CC)c1C. The van der Waals surface area contributed by atoms with Crippen molar-refractivity contribution >= 4 is 5.91 Å². The number of hydrogen-bond donors (Lipinski definition) is 1. The minimum atomic E-state index is 0.0168. The molecule has 4 nitrogen and oxygen atoms in total. The largest absolute Gasteiger partial charge is 0.352 e. The van der Waals surface area contributed by atoms with E-state index in [4.69, 9.17) is 0 Å². The van der Waals surface area contributed by atoms with Crippen molar-refractivity contribution in [2.75, 3.05) is 6.54 Å². The van der Waals surface area contributed by atoms with Crippen LogP contribution in [0.1, 0.15) is 133 Å². The Morgan fingerprint density at radius 2 is 1.24 bits per heavy atom. The number of aryl methyl sites for hydroxylation is 1. The molecule has 1 aromatic heterocycles. The van der Waals surface area contributed by atoms with E-state index in [1.54, 1.807) is 6.20 Å². The molecule has 0 aliphatic rings. The number of nitrogens with one attached hydrogen (secondary N) is 1. The molecule has 168 valence electrons. The van der Waals surface area contributed by atoms with Gasteiger partial charge >= 0.3 is 0 Å². The molecule has 1 N–H and O–H groups in total. The first-order valence-corrected chi connectivity index (χ1v) is 12.5. The van der Waals surface area contributed by atoms with Crippen LogP contribution in [-0.2, 0) is 6.54 Å². The van der Waals surface area contributed by atoms with Crippen molar-refractivity contribution in [1.82, 2.24) is 15.1 Å². The van der Waals surface area contributed by atoms with Gasteiger partial charge in [0.15, 0.2) is 0 Å². The quantitative estimate of drug-likeness (QED) is 0.247. The zero-order valence-electron chi connectivity index (χ0n) is 19.6. The average Bonchev–Trinajstić information content (AvgIpc) is 3.10. The summed E-state index contributed by atoms with van der Waals surface area (Å²) in [6, 6.07) is 0. The average molecular weight is 406 g/mol. The van der Waals surface area contributed by atoms with Gasteiger partial charge in [0, 0.05) is 18.8 Å². The van der Waals surface area contributed by atoms with Crippen LogP contribution in [0, 0.1) is 6.92 Å². The molecule has 1 amide bonds. The molecule has 1 rings (SSSR count). The summed E-state index contributed by atoms with van der Waals surface area (Å²) in [7, 11) is 0. The van der Waals surface area contributed by atoms with Crippen LogP contribution in [0.3, 0.4) is 0 Å². The Bertz CT molecular complexity index is 524. The van der Waals surface area contributed by atoms with E-state index in [9.17, 15) is 4.79 Å². The predicted molar refractivity (Wildman–Crippen MR) is 125 cm³/mol. The third kappa shape index (κ3) is 12.1. The first-order chi connectivity index (χ1) is 14.2. The highest BCUT2D eigenvalue weighted by Gasteiger charge is 2.12. The second-order valence-electron chi connectivity index (χ2n) is 8.52. The lowest BCUT2D eigenvalue weighted by molar-refractivity contribution is 0.0952. The Balaban J connectivity index is 1.83. The number of rotatable bonds is 19. The molecule has 0 aromatic carbocycles. The predicted octanol–water partition coefficient (Wildman–Crippen LogP) is 7.20. The van der Waals surface area contributed by atoms with E-state index in [2.05, 4.69) is 17.3 Å². The summed E-state index contributed by atoms with van der Waals surface area (Å²) in [5.74, 6) is 0.0168. The minimum Gasteiger partial charge on any atom is -0.352 e. The third-order valence-corrected chi connectivity index (χ3v) is 5.96. The fourth-order valence-corrected chi connectivity index (χ4v) is 3.96. The maximum Gasteiger partial charge on any atom is 0.254 e. The summed E-state index contributed by atoms with van der Waals surface area (Å²) in [6.07, 6.45) is 23.6. The molecule has 0 saturated carbocycles. The fraction of sp³-hybridized carbons (Fsp3) is 0.840. The van der Waals surface area contributed by atoms with E-state index in [1.807, 2.05) is 18.5 Å². The first kappa shape index (κ1) is 25.7. The van der Waals surface area contributed by atoms with Gasteiger partial charge in [-0.15, -0.1) is 0 Å². The molecule has 0 radical (unpaired) electrons. The molecule has 0 spiro atoms. The van der Waals surface area contributed by atoms with Crippen LogP contribution in [-0.4, -0.2) is 22.2 Å². The van der Waals surface area contributed by atoms with Gasteiger partial charge in [-0.05, 0) is 20.3 Å². The lowest BCUT2D eigenvalue weighted by Crippen LogP contribution is -2.24. The maximum atomic E-state index is 12.2.